The Labute approximate surface area is 364 Å². The first-order chi connectivity index (χ1) is 30.9. The van der Waals surface area contributed by atoms with E-state index in [1.165, 1.54) is 24.3 Å². The molecule has 2 aromatic carbocycles. The summed E-state index contributed by atoms with van der Waals surface area (Å²) in [5.41, 5.74) is -1.57. The summed E-state index contributed by atoms with van der Waals surface area (Å²) in [6.07, 6.45) is -37.7. The van der Waals surface area contributed by atoms with Crippen LogP contribution in [0.4, 0.5) is 0 Å². The summed E-state index contributed by atoms with van der Waals surface area (Å²) in [5.74, 6) is -2.68. The van der Waals surface area contributed by atoms with Crippen LogP contribution >= 0.6 is 0 Å². The number of phenols is 2. The minimum atomic E-state index is -2.15. The molecule has 26 nitrogen and oxygen atoms in total. The molecule has 4 fully saturated rings. The maximum atomic E-state index is 14.5. The zero-order chi connectivity index (χ0) is 47.2. The van der Waals surface area contributed by atoms with Crippen LogP contribution in [-0.2, 0) is 28.4 Å². The van der Waals surface area contributed by atoms with Crippen molar-refractivity contribution in [3.05, 3.63) is 46.6 Å². The number of hydrogen-bond acceptors (Lipinski definition) is 26. The van der Waals surface area contributed by atoms with Gasteiger partial charge in [0, 0.05) is 17.7 Å². The number of phenolic OH excluding ortho intramolecular Hbond substituents is 2. The normalized spacial score (nSPS) is 40.2. The van der Waals surface area contributed by atoms with Gasteiger partial charge in [0.1, 0.15) is 120 Å². The van der Waals surface area contributed by atoms with E-state index in [0.717, 1.165) is 12.1 Å². The van der Waals surface area contributed by atoms with Gasteiger partial charge >= 0.3 is 0 Å². The van der Waals surface area contributed by atoms with Crippen molar-refractivity contribution in [3.63, 3.8) is 0 Å². The van der Waals surface area contributed by atoms with Crippen molar-refractivity contribution in [2.24, 2.45) is 0 Å². The van der Waals surface area contributed by atoms with Gasteiger partial charge in [-0.1, -0.05) is 0 Å². The number of hydrogen-bond donors (Lipinski definition) is 16. The van der Waals surface area contributed by atoms with Gasteiger partial charge in [0.15, 0.2) is 24.4 Å². The number of aliphatic hydroxyl groups excluding tert-OH is 14. The molecule has 3 aromatic rings. The Balaban J connectivity index is 1.27. The van der Waals surface area contributed by atoms with E-state index >= 15 is 0 Å². The molecule has 20 atom stereocenters. The molecule has 4 aliphatic heterocycles. The highest BCUT2D eigenvalue weighted by Crippen LogP contribution is 2.40. The third-order valence-corrected chi connectivity index (χ3v) is 11.5. The molecule has 5 heterocycles. The van der Waals surface area contributed by atoms with Crippen LogP contribution in [0.3, 0.4) is 0 Å². The molecular weight excluding hydrogens is 884 g/mol. The average Bonchev–Trinajstić information content (AvgIpc) is 3.29. The van der Waals surface area contributed by atoms with Crippen LogP contribution in [0.2, 0.25) is 0 Å². The van der Waals surface area contributed by atoms with Crippen molar-refractivity contribution in [1.82, 2.24) is 0 Å². The second-order valence-electron chi connectivity index (χ2n) is 15.7. The Kier molecular flexibility index (Phi) is 15.1. The number of fused-ring (bicyclic) bond motifs is 1. The van der Waals surface area contributed by atoms with Crippen molar-refractivity contribution in [2.45, 2.75) is 123 Å². The molecule has 0 radical (unpaired) electrons. The minimum absolute atomic E-state index is 0.00983. The van der Waals surface area contributed by atoms with Crippen LogP contribution in [0.25, 0.3) is 22.3 Å². The van der Waals surface area contributed by atoms with Gasteiger partial charge < -0.3 is 124 Å². The number of benzene rings is 2. The smallest absolute Gasteiger partial charge is 0.239 e. The van der Waals surface area contributed by atoms with Crippen molar-refractivity contribution < 1.29 is 124 Å². The molecule has 0 amide bonds. The van der Waals surface area contributed by atoms with Gasteiger partial charge in [0.2, 0.25) is 23.8 Å². The summed E-state index contributed by atoms with van der Waals surface area (Å²) >= 11 is 0. The third-order valence-electron chi connectivity index (χ3n) is 11.5. The van der Waals surface area contributed by atoms with Crippen LogP contribution in [0, 0.1) is 0 Å². The fourth-order valence-corrected chi connectivity index (χ4v) is 7.75. The predicted octanol–water partition coefficient (Wildman–Crippen LogP) is -7.12. The largest absolute Gasteiger partial charge is 0.508 e. The Hall–Kier alpha value is -3.95. The molecule has 0 bridgehead atoms. The quantitative estimate of drug-likeness (QED) is 0.0757. The van der Waals surface area contributed by atoms with E-state index in [1.807, 2.05) is 0 Å². The maximum Gasteiger partial charge on any atom is 0.239 e. The molecule has 16 N–H and O–H groups in total. The highest BCUT2D eigenvalue weighted by atomic mass is 16.8. The lowest BCUT2D eigenvalue weighted by atomic mass is 9.96. The van der Waals surface area contributed by atoms with Gasteiger partial charge in [-0.15, -0.1) is 0 Å². The fourth-order valence-electron chi connectivity index (χ4n) is 7.75. The van der Waals surface area contributed by atoms with Gasteiger partial charge in [0.25, 0.3) is 0 Å². The number of rotatable bonds is 13. The van der Waals surface area contributed by atoms with E-state index in [2.05, 4.69) is 0 Å². The molecule has 362 valence electrons. The first-order valence-electron chi connectivity index (χ1n) is 20.1. The van der Waals surface area contributed by atoms with Crippen molar-refractivity contribution >= 4 is 11.0 Å². The minimum Gasteiger partial charge on any atom is -0.508 e. The Morgan fingerprint density at radius 2 is 0.938 bits per heavy atom. The Morgan fingerprint density at radius 1 is 0.492 bits per heavy atom. The molecule has 1 aromatic heterocycles. The average molecular weight is 935 g/mol. The molecule has 4 saturated heterocycles. The Bertz CT molecular complexity index is 2120. The molecule has 7 rings (SSSR count). The van der Waals surface area contributed by atoms with Crippen LogP contribution in [-0.4, -0.2) is 231 Å². The van der Waals surface area contributed by atoms with Gasteiger partial charge in [-0.05, 0) is 24.3 Å². The summed E-state index contributed by atoms with van der Waals surface area (Å²) < 4.78 is 51.6. The van der Waals surface area contributed by atoms with Crippen LogP contribution in [0.5, 0.6) is 23.0 Å². The molecule has 0 unspecified atom stereocenters. The molecular formula is C39H50O26. The third kappa shape index (κ3) is 9.49. The van der Waals surface area contributed by atoms with E-state index in [4.69, 9.17) is 42.3 Å². The topological polar surface area (TPSA) is 428 Å². The standard InChI is InChI=1S/C39H50O26/c40-7-16-21(46)26(51)30(55)36(59-16)57-13-5-14(45)20-15(6-13)58-32(11-1-3-12(44)4-2-11)33(25(20)50)63-38-35(29(54)24(49)18(9-42)61-38)65-39-34(28(53)23(48)19(10-43)62-39)64-37-31(56)27(52)22(47)17(8-41)60-37/h1-6,16-19,21-24,26-31,34-49,51-56H,7-10H2/t16-,17-,18-,19-,21-,22-,23-,24-,26+,27+,28+,29+,30-,31-,34-,35-,36-,37+,38+,39+/m1/s1. The lowest BCUT2D eigenvalue weighted by Gasteiger charge is -2.48. The lowest BCUT2D eigenvalue weighted by Crippen LogP contribution is -2.67. The molecule has 0 spiro atoms. The highest BCUT2D eigenvalue weighted by molar-refractivity contribution is 5.88. The van der Waals surface area contributed by atoms with Crippen LogP contribution in [0.15, 0.2) is 45.6 Å². The fraction of sp³-hybridized carbons (Fsp3) is 0.615. The van der Waals surface area contributed by atoms with Crippen LogP contribution < -0.4 is 14.9 Å². The zero-order valence-corrected chi connectivity index (χ0v) is 33.6. The summed E-state index contributed by atoms with van der Waals surface area (Å²) in [6.45, 7) is -3.61. The number of aromatic hydroxyl groups is 2. The monoisotopic (exact) mass is 934 g/mol. The van der Waals surface area contributed by atoms with E-state index in [1.54, 1.807) is 0 Å². The van der Waals surface area contributed by atoms with E-state index in [0.29, 0.717) is 0 Å². The first-order valence-corrected chi connectivity index (χ1v) is 20.1. The molecule has 26 heteroatoms. The summed E-state index contributed by atoms with van der Waals surface area (Å²) in [4.78, 5) is 14.5. The maximum absolute atomic E-state index is 14.5. The predicted molar refractivity (Wildman–Crippen MR) is 205 cm³/mol. The van der Waals surface area contributed by atoms with Crippen molar-refractivity contribution in [3.8, 4) is 34.3 Å². The van der Waals surface area contributed by atoms with Gasteiger partial charge in [-0.3, -0.25) is 4.79 Å². The number of aliphatic hydroxyl groups is 14. The van der Waals surface area contributed by atoms with E-state index in [-0.39, 0.29) is 17.1 Å². The Morgan fingerprint density at radius 3 is 1.48 bits per heavy atom. The SMILES string of the molecule is O=c1c(O[C@@H]2O[C@H](CO)[C@@H](O)[C@H](O)[C@H]2O[C@@H]2O[C@H](CO)[C@@H](O)[C@H](O)[C@H]2O[C@@H]2O[C@H](CO)[C@@H](O)[C@H](O)[C@H]2O)c(-c2ccc(O)cc2)oc2cc(O[C@@H]3O[C@H](CO)[C@@H](O)[C@H](O)[C@H]3O)cc(O)c12. The molecule has 4 aliphatic rings. The lowest BCUT2D eigenvalue weighted by molar-refractivity contribution is -0.389. The number of ether oxygens (including phenoxy) is 8. The second kappa shape index (κ2) is 20.1. The highest BCUT2D eigenvalue weighted by Gasteiger charge is 2.55. The van der Waals surface area contributed by atoms with Crippen molar-refractivity contribution in [2.75, 3.05) is 26.4 Å². The summed E-state index contributed by atoms with van der Waals surface area (Å²) in [7, 11) is 0. The van der Waals surface area contributed by atoms with Crippen molar-refractivity contribution in [1.29, 1.82) is 0 Å². The van der Waals surface area contributed by atoms with E-state index in [9.17, 15) is 86.5 Å². The van der Waals surface area contributed by atoms with Gasteiger partial charge in [0.05, 0.1) is 26.4 Å². The molecule has 0 saturated carbocycles. The van der Waals surface area contributed by atoms with Gasteiger partial charge in [-0.25, -0.2) is 0 Å². The first kappa shape index (κ1) is 49.0. The zero-order valence-electron chi connectivity index (χ0n) is 33.6. The second-order valence-corrected chi connectivity index (χ2v) is 15.7. The molecule has 65 heavy (non-hydrogen) atoms. The molecule has 0 aliphatic carbocycles. The summed E-state index contributed by atoms with van der Waals surface area (Å²) in [6, 6.07) is 6.86. The van der Waals surface area contributed by atoms with E-state index < -0.39 is 183 Å². The summed E-state index contributed by atoms with van der Waals surface area (Å²) in [5, 5.41) is 167. The van der Waals surface area contributed by atoms with Crippen LogP contribution in [0.1, 0.15) is 0 Å². The van der Waals surface area contributed by atoms with Gasteiger partial charge in [-0.2, -0.15) is 0 Å².